The van der Waals surface area contributed by atoms with E-state index >= 15 is 0 Å². The number of carbonyl (C=O) groups excluding carboxylic acids is 2. The SMILES string of the molecule is CC(C)C(=O)Nc1ccc(NCC(=O)Nc2ccccc2OCc2ccccc2)cc1. The fourth-order valence-corrected chi connectivity index (χ4v) is 2.77. The predicted octanol–water partition coefficient (Wildman–Crippen LogP) is 4.91. The molecule has 3 N–H and O–H groups in total. The van der Waals surface area contributed by atoms with Crippen LogP contribution in [0.3, 0.4) is 0 Å². The summed E-state index contributed by atoms with van der Waals surface area (Å²) in [6.45, 7) is 4.21. The number of nitrogens with one attached hydrogen (secondary N) is 3. The van der Waals surface area contributed by atoms with E-state index in [1.165, 1.54) is 0 Å². The second-order valence-electron chi connectivity index (χ2n) is 7.39. The monoisotopic (exact) mass is 417 g/mol. The van der Waals surface area contributed by atoms with Gasteiger partial charge in [0, 0.05) is 17.3 Å². The van der Waals surface area contributed by atoms with Crippen LogP contribution in [-0.4, -0.2) is 18.4 Å². The maximum atomic E-state index is 12.4. The summed E-state index contributed by atoms with van der Waals surface area (Å²) in [6, 6.07) is 24.5. The van der Waals surface area contributed by atoms with Gasteiger partial charge < -0.3 is 20.7 Å². The van der Waals surface area contributed by atoms with Crippen LogP contribution in [0, 0.1) is 5.92 Å². The molecule has 0 bridgehead atoms. The molecule has 6 nitrogen and oxygen atoms in total. The van der Waals surface area contributed by atoms with Crippen LogP contribution in [-0.2, 0) is 16.2 Å². The second kappa shape index (κ2) is 10.8. The molecule has 3 aromatic rings. The largest absolute Gasteiger partial charge is 0.487 e. The molecule has 0 aliphatic heterocycles. The minimum absolute atomic E-state index is 0.0340. The van der Waals surface area contributed by atoms with Crippen molar-refractivity contribution in [2.24, 2.45) is 5.92 Å². The van der Waals surface area contributed by atoms with Crippen LogP contribution in [0.5, 0.6) is 5.75 Å². The Morgan fingerprint density at radius 3 is 2.16 bits per heavy atom. The van der Waals surface area contributed by atoms with Gasteiger partial charge in [-0.05, 0) is 42.0 Å². The van der Waals surface area contributed by atoms with E-state index in [9.17, 15) is 9.59 Å². The molecule has 0 saturated carbocycles. The first-order valence-corrected chi connectivity index (χ1v) is 10.2. The number of amides is 2. The Bertz CT molecular complexity index is 1000. The van der Waals surface area contributed by atoms with Crippen LogP contribution >= 0.6 is 0 Å². The van der Waals surface area contributed by atoms with Gasteiger partial charge >= 0.3 is 0 Å². The fourth-order valence-electron chi connectivity index (χ4n) is 2.77. The molecule has 0 aromatic heterocycles. The Hall–Kier alpha value is -3.80. The van der Waals surface area contributed by atoms with Crippen molar-refractivity contribution in [3.8, 4) is 5.75 Å². The zero-order valence-electron chi connectivity index (χ0n) is 17.7. The van der Waals surface area contributed by atoms with E-state index < -0.39 is 0 Å². The first-order valence-electron chi connectivity index (χ1n) is 10.2. The summed E-state index contributed by atoms with van der Waals surface area (Å²) in [5.74, 6) is 0.312. The summed E-state index contributed by atoms with van der Waals surface area (Å²) in [5.41, 5.74) is 3.18. The molecule has 0 aliphatic carbocycles. The minimum Gasteiger partial charge on any atom is -0.487 e. The third kappa shape index (κ3) is 6.89. The predicted molar refractivity (Wildman–Crippen MR) is 124 cm³/mol. The van der Waals surface area contributed by atoms with Gasteiger partial charge in [0.1, 0.15) is 12.4 Å². The number of carbonyl (C=O) groups is 2. The number of anilines is 3. The van der Waals surface area contributed by atoms with Crippen molar-refractivity contribution in [3.05, 3.63) is 84.4 Å². The maximum Gasteiger partial charge on any atom is 0.243 e. The van der Waals surface area contributed by atoms with Crippen LogP contribution in [0.4, 0.5) is 17.1 Å². The van der Waals surface area contributed by atoms with Gasteiger partial charge in [-0.3, -0.25) is 9.59 Å². The molecule has 0 heterocycles. The van der Waals surface area contributed by atoms with Gasteiger partial charge in [0.25, 0.3) is 0 Å². The van der Waals surface area contributed by atoms with Crippen LogP contribution in [0.1, 0.15) is 19.4 Å². The van der Waals surface area contributed by atoms with Gasteiger partial charge in [-0.1, -0.05) is 56.3 Å². The van der Waals surface area contributed by atoms with Gasteiger partial charge in [-0.25, -0.2) is 0 Å². The highest BCUT2D eigenvalue weighted by molar-refractivity contribution is 5.95. The van der Waals surface area contributed by atoms with Crippen molar-refractivity contribution >= 4 is 28.9 Å². The summed E-state index contributed by atoms with van der Waals surface area (Å²) in [5, 5.41) is 8.80. The Morgan fingerprint density at radius 1 is 0.806 bits per heavy atom. The zero-order chi connectivity index (χ0) is 22.1. The molecule has 0 aliphatic rings. The summed E-state index contributed by atoms with van der Waals surface area (Å²) in [7, 11) is 0. The number of hydrogen-bond donors (Lipinski definition) is 3. The van der Waals surface area contributed by atoms with E-state index in [0.717, 1.165) is 16.9 Å². The lowest BCUT2D eigenvalue weighted by Crippen LogP contribution is -2.22. The second-order valence-corrected chi connectivity index (χ2v) is 7.39. The van der Waals surface area contributed by atoms with Crippen LogP contribution < -0.4 is 20.7 Å². The topological polar surface area (TPSA) is 79.5 Å². The Morgan fingerprint density at radius 2 is 1.45 bits per heavy atom. The minimum atomic E-state index is -0.187. The molecule has 0 spiro atoms. The van der Waals surface area contributed by atoms with E-state index in [1.807, 2.05) is 80.6 Å². The van der Waals surface area contributed by atoms with Crippen molar-refractivity contribution in [2.75, 3.05) is 22.5 Å². The van der Waals surface area contributed by atoms with Crippen molar-refractivity contribution in [3.63, 3.8) is 0 Å². The van der Waals surface area contributed by atoms with Gasteiger partial charge in [-0.2, -0.15) is 0 Å². The summed E-state index contributed by atoms with van der Waals surface area (Å²) >= 11 is 0. The lowest BCUT2D eigenvalue weighted by molar-refractivity contribution is -0.119. The van der Waals surface area contributed by atoms with E-state index in [-0.39, 0.29) is 24.3 Å². The number of para-hydroxylation sites is 2. The van der Waals surface area contributed by atoms with Gasteiger partial charge in [0.05, 0.1) is 12.2 Å². The molecule has 3 aromatic carbocycles. The number of rotatable bonds is 9. The van der Waals surface area contributed by atoms with Crippen LogP contribution in [0.25, 0.3) is 0 Å². The molecule has 160 valence electrons. The zero-order valence-corrected chi connectivity index (χ0v) is 17.7. The molecule has 0 fully saturated rings. The van der Waals surface area contributed by atoms with E-state index in [4.69, 9.17) is 4.74 Å². The van der Waals surface area contributed by atoms with Crippen LogP contribution in [0.2, 0.25) is 0 Å². The van der Waals surface area contributed by atoms with Crippen LogP contribution in [0.15, 0.2) is 78.9 Å². The number of ether oxygens (including phenoxy) is 1. The van der Waals surface area contributed by atoms with Crippen molar-refractivity contribution in [1.29, 1.82) is 0 Å². The Labute approximate surface area is 182 Å². The molecule has 0 unspecified atom stereocenters. The third-order valence-corrected chi connectivity index (χ3v) is 4.53. The van der Waals surface area contributed by atoms with Gasteiger partial charge in [0.15, 0.2) is 0 Å². The van der Waals surface area contributed by atoms with E-state index in [2.05, 4.69) is 16.0 Å². The van der Waals surface area contributed by atoms with Crippen molar-refractivity contribution < 1.29 is 14.3 Å². The molecule has 2 amide bonds. The van der Waals surface area contributed by atoms with Crippen molar-refractivity contribution in [2.45, 2.75) is 20.5 Å². The lowest BCUT2D eigenvalue weighted by atomic mass is 10.2. The average molecular weight is 418 g/mol. The number of benzene rings is 3. The summed E-state index contributed by atoms with van der Waals surface area (Å²) < 4.78 is 5.88. The molecule has 0 atom stereocenters. The molecule has 3 rings (SSSR count). The highest BCUT2D eigenvalue weighted by Gasteiger charge is 2.09. The Kier molecular flexibility index (Phi) is 7.65. The molecule has 0 saturated heterocycles. The number of hydrogen-bond acceptors (Lipinski definition) is 4. The highest BCUT2D eigenvalue weighted by atomic mass is 16.5. The van der Waals surface area contributed by atoms with Gasteiger partial charge in [-0.15, -0.1) is 0 Å². The quantitative estimate of drug-likeness (QED) is 0.462. The first-order chi connectivity index (χ1) is 15.0. The molecule has 31 heavy (non-hydrogen) atoms. The molecule has 0 radical (unpaired) electrons. The average Bonchev–Trinajstić information content (AvgIpc) is 2.78. The van der Waals surface area contributed by atoms with E-state index in [0.29, 0.717) is 18.0 Å². The first kappa shape index (κ1) is 21.9. The van der Waals surface area contributed by atoms with Gasteiger partial charge in [0.2, 0.25) is 11.8 Å². The highest BCUT2D eigenvalue weighted by Crippen LogP contribution is 2.24. The third-order valence-electron chi connectivity index (χ3n) is 4.53. The molecular weight excluding hydrogens is 390 g/mol. The van der Waals surface area contributed by atoms with E-state index in [1.54, 1.807) is 12.1 Å². The maximum absolute atomic E-state index is 12.4. The van der Waals surface area contributed by atoms with Crippen molar-refractivity contribution in [1.82, 2.24) is 0 Å². The smallest absolute Gasteiger partial charge is 0.243 e. The summed E-state index contributed by atoms with van der Waals surface area (Å²) in [4.78, 5) is 24.2. The lowest BCUT2D eigenvalue weighted by Gasteiger charge is -2.13. The molecule has 6 heteroatoms. The normalized spacial score (nSPS) is 10.4. The summed E-state index contributed by atoms with van der Waals surface area (Å²) in [6.07, 6.45) is 0. The fraction of sp³-hybridized carbons (Fsp3) is 0.200. The Balaban J connectivity index is 1.51. The standard InChI is InChI=1S/C25H27N3O3/c1-18(2)25(30)27-21-14-12-20(13-15-21)26-16-24(29)28-22-10-6-7-11-23(22)31-17-19-8-4-3-5-9-19/h3-15,18,26H,16-17H2,1-2H3,(H,27,30)(H,28,29). The molecular formula is C25H27N3O3.